The standard InChI is InChI=1S/C17H21BrN2O/c1-12(19)17-15(8-5-9-16(17)21-3)20(2)11-13-6-4-7-14(18)10-13/h4-10,12H,11,19H2,1-3H3/t12-/m1/s1. The summed E-state index contributed by atoms with van der Waals surface area (Å²) in [7, 11) is 3.75. The largest absolute Gasteiger partial charge is 0.496 e. The van der Waals surface area contributed by atoms with Crippen LogP contribution in [0.2, 0.25) is 0 Å². The molecule has 112 valence electrons. The SMILES string of the molecule is COc1cccc(N(C)Cc2cccc(Br)c2)c1[C@@H](C)N. The first kappa shape index (κ1) is 15.9. The van der Waals surface area contributed by atoms with Gasteiger partial charge in [0.25, 0.3) is 0 Å². The molecule has 1 atom stereocenters. The zero-order valence-electron chi connectivity index (χ0n) is 12.6. The first-order valence-corrected chi connectivity index (χ1v) is 7.70. The number of halogens is 1. The van der Waals surface area contributed by atoms with Crippen molar-refractivity contribution in [3.05, 3.63) is 58.1 Å². The Hall–Kier alpha value is -1.52. The molecular formula is C17H21BrN2O. The fourth-order valence-corrected chi connectivity index (χ4v) is 2.94. The van der Waals surface area contributed by atoms with E-state index in [1.54, 1.807) is 7.11 Å². The zero-order valence-corrected chi connectivity index (χ0v) is 14.2. The van der Waals surface area contributed by atoms with Crippen molar-refractivity contribution in [3.63, 3.8) is 0 Å². The third-order valence-electron chi connectivity index (χ3n) is 3.44. The van der Waals surface area contributed by atoms with Crippen LogP contribution in [0.15, 0.2) is 46.9 Å². The quantitative estimate of drug-likeness (QED) is 0.883. The van der Waals surface area contributed by atoms with E-state index in [1.807, 2.05) is 31.2 Å². The number of methoxy groups -OCH3 is 1. The van der Waals surface area contributed by atoms with Crippen LogP contribution in [0.5, 0.6) is 5.75 Å². The lowest BCUT2D eigenvalue weighted by Gasteiger charge is -2.25. The average Bonchev–Trinajstić information content (AvgIpc) is 2.46. The Labute approximate surface area is 134 Å². The molecular weight excluding hydrogens is 328 g/mol. The molecule has 0 aliphatic rings. The average molecular weight is 349 g/mol. The predicted molar refractivity (Wildman–Crippen MR) is 91.8 cm³/mol. The molecule has 2 aromatic rings. The first-order valence-electron chi connectivity index (χ1n) is 6.91. The number of ether oxygens (including phenoxy) is 1. The molecule has 2 aromatic carbocycles. The maximum absolute atomic E-state index is 6.13. The van der Waals surface area contributed by atoms with Crippen LogP contribution in [0, 0.1) is 0 Å². The number of hydrogen-bond acceptors (Lipinski definition) is 3. The van der Waals surface area contributed by atoms with Gasteiger partial charge in [-0.25, -0.2) is 0 Å². The lowest BCUT2D eigenvalue weighted by atomic mass is 10.0. The van der Waals surface area contributed by atoms with Crippen molar-refractivity contribution in [1.82, 2.24) is 0 Å². The molecule has 3 nitrogen and oxygen atoms in total. The van der Waals surface area contributed by atoms with E-state index in [0.29, 0.717) is 0 Å². The number of rotatable bonds is 5. The molecule has 0 fully saturated rings. The third kappa shape index (κ3) is 3.77. The Balaban J connectivity index is 2.32. The second-order valence-corrected chi connectivity index (χ2v) is 6.08. The zero-order chi connectivity index (χ0) is 15.4. The van der Waals surface area contributed by atoms with E-state index in [1.165, 1.54) is 5.56 Å². The van der Waals surface area contributed by atoms with Crippen molar-refractivity contribution >= 4 is 21.6 Å². The van der Waals surface area contributed by atoms with Crippen LogP contribution in [0.4, 0.5) is 5.69 Å². The van der Waals surface area contributed by atoms with Gasteiger partial charge >= 0.3 is 0 Å². The van der Waals surface area contributed by atoms with Crippen LogP contribution in [0.25, 0.3) is 0 Å². The predicted octanol–water partition coefficient (Wildman–Crippen LogP) is 4.11. The molecule has 0 heterocycles. The number of nitrogens with zero attached hydrogens (tertiary/aromatic N) is 1. The monoisotopic (exact) mass is 348 g/mol. The van der Waals surface area contributed by atoms with Crippen LogP contribution in [0.3, 0.4) is 0 Å². The molecule has 2 N–H and O–H groups in total. The van der Waals surface area contributed by atoms with Gasteiger partial charge in [0.2, 0.25) is 0 Å². The maximum atomic E-state index is 6.13. The van der Waals surface area contributed by atoms with Crippen LogP contribution < -0.4 is 15.4 Å². The Bertz CT molecular complexity index is 613. The molecule has 21 heavy (non-hydrogen) atoms. The highest BCUT2D eigenvalue weighted by atomic mass is 79.9. The van der Waals surface area contributed by atoms with E-state index < -0.39 is 0 Å². The first-order chi connectivity index (χ1) is 10.0. The van der Waals surface area contributed by atoms with Gasteiger partial charge in [0.15, 0.2) is 0 Å². The molecule has 0 saturated heterocycles. The molecule has 2 rings (SSSR count). The summed E-state index contributed by atoms with van der Waals surface area (Å²) in [6.07, 6.45) is 0. The summed E-state index contributed by atoms with van der Waals surface area (Å²) in [5.41, 5.74) is 9.51. The van der Waals surface area contributed by atoms with Gasteiger partial charge in [-0.3, -0.25) is 0 Å². The Morgan fingerprint density at radius 1 is 1.24 bits per heavy atom. The van der Waals surface area contributed by atoms with Crippen molar-refractivity contribution in [1.29, 1.82) is 0 Å². The van der Waals surface area contributed by atoms with Gasteiger partial charge < -0.3 is 15.4 Å². The van der Waals surface area contributed by atoms with Gasteiger partial charge in [0, 0.05) is 35.4 Å². The van der Waals surface area contributed by atoms with Crippen LogP contribution in [0.1, 0.15) is 24.1 Å². The smallest absolute Gasteiger partial charge is 0.125 e. The highest BCUT2D eigenvalue weighted by Gasteiger charge is 2.16. The molecule has 0 amide bonds. The molecule has 0 aromatic heterocycles. The summed E-state index contributed by atoms with van der Waals surface area (Å²) in [4.78, 5) is 2.20. The minimum atomic E-state index is -0.0823. The van der Waals surface area contributed by atoms with Crippen molar-refractivity contribution in [2.24, 2.45) is 5.73 Å². The van der Waals surface area contributed by atoms with Crippen molar-refractivity contribution in [2.45, 2.75) is 19.5 Å². The second kappa shape index (κ2) is 6.96. The normalized spacial score (nSPS) is 12.0. The minimum absolute atomic E-state index is 0.0823. The minimum Gasteiger partial charge on any atom is -0.496 e. The van der Waals surface area contributed by atoms with E-state index in [9.17, 15) is 0 Å². The summed E-state index contributed by atoms with van der Waals surface area (Å²) < 4.78 is 6.54. The van der Waals surface area contributed by atoms with E-state index in [-0.39, 0.29) is 6.04 Å². The Morgan fingerprint density at radius 3 is 2.57 bits per heavy atom. The van der Waals surface area contributed by atoms with Gasteiger partial charge in [-0.15, -0.1) is 0 Å². The fraction of sp³-hybridized carbons (Fsp3) is 0.294. The van der Waals surface area contributed by atoms with Crippen LogP contribution >= 0.6 is 15.9 Å². The molecule has 4 heteroatoms. The van der Waals surface area contributed by atoms with Gasteiger partial charge in [0.1, 0.15) is 5.75 Å². The second-order valence-electron chi connectivity index (χ2n) is 5.17. The van der Waals surface area contributed by atoms with Gasteiger partial charge in [-0.1, -0.05) is 34.1 Å². The van der Waals surface area contributed by atoms with Crippen molar-refractivity contribution in [2.75, 3.05) is 19.1 Å². The Morgan fingerprint density at radius 2 is 1.95 bits per heavy atom. The molecule has 0 radical (unpaired) electrons. The number of hydrogen-bond donors (Lipinski definition) is 1. The maximum Gasteiger partial charge on any atom is 0.125 e. The van der Waals surface area contributed by atoms with E-state index in [2.05, 4.69) is 46.1 Å². The summed E-state index contributed by atoms with van der Waals surface area (Å²) in [5, 5.41) is 0. The van der Waals surface area contributed by atoms with E-state index in [4.69, 9.17) is 10.5 Å². The topological polar surface area (TPSA) is 38.5 Å². The number of nitrogens with two attached hydrogens (primary N) is 1. The lowest BCUT2D eigenvalue weighted by Crippen LogP contribution is -2.20. The van der Waals surface area contributed by atoms with Gasteiger partial charge in [0.05, 0.1) is 7.11 Å². The summed E-state index contributed by atoms with van der Waals surface area (Å²) in [6.45, 7) is 2.79. The third-order valence-corrected chi connectivity index (χ3v) is 3.93. The summed E-state index contributed by atoms with van der Waals surface area (Å²) in [5.74, 6) is 0.837. The fourth-order valence-electron chi connectivity index (χ4n) is 2.50. The Kier molecular flexibility index (Phi) is 5.26. The van der Waals surface area contributed by atoms with E-state index >= 15 is 0 Å². The van der Waals surface area contributed by atoms with Crippen molar-refractivity contribution in [3.8, 4) is 5.75 Å². The van der Waals surface area contributed by atoms with Crippen LogP contribution in [-0.4, -0.2) is 14.2 Å². The van der Waals surface area contributed by atoms with Gasteiger partial charge in [-0.2, -0.15) is 0 Å². The van der Waals surface area contributed by atoms with E-state index in [0.717, 1.165) is 28.0 Å². The molecule has 0 bridgehead atoms. The molecule has 0 aliphatic carbocycles. The van der Waals surface area contributed by atoms with Gasteiger partial charge in [-0.05, 0) is 36.8 Å². The molecule has 0 spiro atoms. The lowest BCUT2D eigenvalue weighted by molar-refractivity contribution is 0.407. The highest BCUT2D eigenvalue weighted by Crippen LogP contribution is 2.33. The summed E-state index contributed by atoms with van der Waals surface area (Å²) in [6, 6.07) is 14.3. The number of benzene rings is 2. The van der Waals surface area contributed by atoms with Crippen molar-refractivity contribution < 1.29 is 4.74 Å². The number of anilines is 1. The highest BCUT2D eigenvalue weighted by molar-refractivity contribution is 9.10. The summed E-state index contributed by atoms with van der Waals surface area (Å²) >= 11 is 3.51. The molecule has 0 saturated carbocycles. The van der Waals surface area contributed by atoms with Crippen LogP contribution in [-0.2, 0) is 6.54 Å². The molecule has 0 unspecified atom stereocenters. The molecule has 0 aliphatic heterocycles.